The molecule has 17 heavy (non-hydrogen) atoms. The summed E-state index contributed by atoms with van der Waals surface area (Å²) in [5.41, 5.74) is -0.344. The number of carbonyl (C=O) groups excluding carboxylic acids is 1. The molecule has 0 saturated heterocycles. The number of rotatable bonds is 2. The Morgan fingerprint density at radius 3 is 2.59 bits per heavy atom. The topological polar surface area (TPSA) is 47.9 Å². The molecule has 1 aromatic carbocycles. The molecule has 0 radical (unpaired) electrons. The Morgan fingerprint density at radius 1 is 1.29 bits per heavy atom. The number of isocyanates is 1. The van der Waals surface area contributed by atoms with E-state index in [1.165, 1.54) is 6.07 Å². The van der Waals surface area contributed by atoms with E-state index in [0.29, 0.717) is 29.9 Å². The fourth-order valence-electron chi connectivity index (χ4n) is 2.31. The van der Waals surface area contributed by atoms with E-state index in [1.807, 2.05) is 0 Å². The zero-order chi connectivity index (χ0) is 11.9. The standard InChI is InChI=1S/C12H10FNO3/c13-9-5-11-10(16-7-17-11)4-8(9)12(14-6-15)2-1-3-12/h4-5H,1-3,7H2. The van der Waals surface area contributed by atoms with Crippen LogP contribution in [0.1, 0.15) is 24.8 Å². The van der Waals surface area contributed by atoms with Gasteiger partial charge in [-0.2, -0.15) is 4.99 Å². The maximum atomic E-state index is 14.0. The van der Waals surface area contributed by atoms with Crippen molar-refractivity contribution in [3.63, 3.8) is 0 Å². The molecule has 1 aliphatic heterocycles. The molecule has 0 atom stereocenters. The molecule has 0 bridgehead atoms. The van der Waals surface area contributed by atoms with E-state index < -0.39 is 11.4 Å². The monoisotopic (exact) mass is 235 g/mol. The Morgan fingerprint density at radius 2 is 2.00 bits per heavy atom. The van der Waals surface area contributed by atoms with Crippen LogP contribution in [-0.4, -0.2) is 12.9 Å². The lowest BCUT2D eigenvalue weighted by molar-refractivity contribution is 0.173. The minimum absolute atomic E-state index is 0.0994. The molecule has 5 heteroatoms. The zero-order valence-corrected chi connectivity index (χ0v) is 9.03. The van der Waals surface area contributed by atoms with Crippen molar-refractivity contribution in [1.29, 1.82) is 0 Å². The fourth-order valence-corrected chi connectivity index (χ4v) is 2.31. The predicted octanol–water partition coefficient (Wildman–Crippen LogP) is 2.27. The third-order valence-corrected chi connectivity index (χ3v) is 3.40. The van der Waals surface area contributed by atoms with Crippen molar-refractivity contribution < 1.29 is 18.7 Å². The average Bonchev–Trinajstić information content (AvgIpc) is 2.69. The zero-order valence-electron chi connectivity index (χ0n) is 9.03. The largest absolute Gasteiger partial charge is 0.454 e. The van der Waals surface area contributed by atoms with Crippen LogP contribution in [0, 0.1) is 5.82 Å². The van der Waals surface area contributed by atoms with Crippen molar-refractivity contribution in [1.82, 2.24) is 0 Å². The first kappa shape index (κ1) is 10.3. The molecule has 1 aliphatic carbocycles. The highest BCUT2D eigenvalue weighted by Gasteiger charge is 2.42. The lowest BCUT2D eigenvalue weighted by Crippen LogP contribution is -2.32. The minimum atomic E-state index is -0.743. The Labute approximate surface area is 97.1 Å². The number of nitrogens with zero attached hydrogens (tertiary/aromatic N) is 1. The van der Waals surface area contributed by atoms with E-state index in [2.05, 4.69) is 4.99 Å². The first-order valence-corrected chi connectivity index (χ1v) is 5.44. The van der Waals surface area contributed by atoms with Crippen LogP contribution in [0.5, 0.6) is 11.5 Å². The lowest BCUT2D eigenvalue weighted by atomic mass is 9.72. The van der Waals surface area contributed by atoms with Crippen molar-refractivity contribution in [3.05, 3.63) is 23.5 Å². The minimum Gasteiger partial charge on any atom is -0.454 e. The molecule has 4 nitrogen and oxygen atoms in total. The molecule has 88 valence electrons. The van der Waals surface area contributed by atoms with E-state index in [4.69, 9.17) is 9.47 Å². The van der Waals surface area contributed by atoms with Crippen LogP contribution < -0.4 is 9.47 Å². The Hall–Kier alpha value is -1.87. The third kappa shape index (κ3) is 1.43. The molecule has 1 aromatic rings. The maximum absolute atomic E-state index is 14.0. The van der Waals surface area contributed by atoms with Gasteiger partial charge in [0, 0.05) is 11.6 Å². The molecule has 2 aliphatic rings. The van der Waals surface area contributed by atoms with Crippen molar-refractivity contribution in [3.8, 4) is 11.5 Å². The second kappa shape index (κ2) is 3.57. The van der Waals surface area contributed by atoms with Gasteiger partial charge in [0.05, 0.1) is 0 Å². The molecule has 3 rings (SSSR count). The normalized spacial score (nSPS) is 19.4. The van der Waals surface area contributed by atoms with Crippen LogP contribution in [-0.2, 0) is 10.3 Å². The average molecular weight is 235 g/mol. The molecule has 0 amide bonds. The third-order valence-electron chi connectivity index (χ3n) is 3.40. The van der Waals surface area contributed by atoms with Crippen LogP contribution in [0.3, 0.4) is 0 Å². The van der Waals surface area contributed by atoms with Crippen molar-refractivity contribution in [2.45, 2.75) is 24.8 Å². The summed E-state index contributed by atoms with van der Waals surface area (Å²) in [6, 6.07) is 2.87. The second-order valence-corrected chi connectivity index (χ2v) is 4.27. The molecule has 0 aromatic heterocycles. The van der Waals surface area contributed by atoms with Crippen LogP contribution in [0.2, 0.25) is 0 Å². The van der Waals surface area contributed by atoms with E-state index >= 15 is 0 Å². The van der Waals surface area contributed by atoms with Gasteiger partial charge in [-0.3, -0.25) is 0 Å². The molecule has 0 N–H and O–H groups in total. The van der Waals surface area contributed by atoms with E-state index in [-0.39, 0.29) is 6.79 Å². The summed E-state index contributed by atoms with van der Waals surface area (Å²) >= 11 is 0. The molecular formula is C12H10FNO3. The van der Waals surface area contributed by atoms with Crippen molar-refractivity contribution >= 4 is 6.08 Å². The van der Waals surface area contributed by atoms with Gasteiger partial charge in [-0.1, -0.05) is 0 Å². The van der Waals surface area contributed by atoms with Gasteiger partial charge in [0.1, 0.15) is 11.4 Å². The lowest BCUT2D eigenvalue weighted by Gasteiger charge is -2.37. The number of fused-ring (bicyclic) bond motifs is 1. The second-order valence-electron chi connectivity index (χ2n) is 4.27. The molecular weight excluding hydrogens is 225 g/mol. The summed E-state index contributed by atoms with van der Waals surface area (Å²) in [5.74, 6) is 0.498. The highest BCUT2D eigenvalue weighted by Crippen LogP contribution is 2.48. The number of hydrogen-bond donors (Lipinski definition) is 0. The van der Waals surface area contributed by atoms with E-state index in [0.717, 1.165) is 6.42 Å². The SMILES string of the molecule is O=C=NC1(c2cc3c(cc2F)OCO3)CCC1. The van der Waals surface area contributed by atoms with Crippen molar-refractivity contribution in [2.75, 3.05) is 6.79 Å². The predicted molar refractivity (Wildman–Crippen MR) is 56.2 cm³/mol. The molecule has 1 heterocycles. The van der Waals surface area contributed by atoms with Gasteiger partial charge < -0.3 is 9.47 Å². The van der Waals surface area contributed by atoms with Gasteiger partial charge >= 0.3 is 0 Å². The summed E-state index contributed by atoms with van der Waals surface area (Å²) in [7, 11) is 0. The van der Waals surface area contributed by atoms with Gasteiger partial charge in [-0.05, 0) is 25.3 Å². The van der Waals surface area contributed by atoms with Crippen LogP contribution in [0.15, 0.2) is 17.1 Å². The fraction of sp³-hybridized carbons (Fsp3) is 0.417. The number of hydrogen-bond acceptors (Lipinski definition) is 4. The summed E-state index contributed by atoms with van der Waals surface area (Å²) in [6.07, 6.45) is 3.80. The molecule has 1 fully saturated rings. The highest BCUT2D eigenvalue weighted by molar-refractivity contribution is 5.49. The Balaban J connectivity index is 2.11. The first-order chi connectivity index (χ1) is 8.25. The summed E-state index contributed by atoms with van der Waals surface area (Å²) in [6.45, 7) is 0.0994. The summed E-state index contributed by atoms with van der Waals surface area (Å²) in [4.78, 5) is 14.2. The Kier molecular flexibility index (Phi) is 2.16. The smallest absolute Gasteiger partial charge is 0.235 e. The number of halogens is 1. The summed E-state index contributed by atoms with van der Waals surface area (Å²) < 4.78 is 24.3. The quantitative estimate of drug-likeness (QED) is 0.583. The van der Waals surface area contributed by atoms with Crippen molar-refractivity contribution in [2.24, 2.45) is 4.99 Å². The maximum Gasteiger partial charge on any atom is 0.235 e. The van der Waals surface area contributed by atoms with Crippen LogP contribution >= 0.6 is 0 Å². The van der Waals surface area contributed by atoms with Crippen LogP contribution in [0.4, 0.5) is 4.39 Å². The van der Waals surface area contributed by atoms with Gasteiger partial charge in [-0.15, -0.1) is 0 Å². The van der Waals surface area contributed by atoms with Gasteiger partial charge in [0.15, 0.2) is 11.5 Å². The number of ether oxygens (including phenoxy) is 2. The number of benzene rings is 1. The van der Waals surface area contributed by atoms with Crippen LogP contribution in [0.25, 0.3) is 0 Å². The molecule has 0 spiro atoms. The summed E-state index contributed by atoms with van der Waals surface area (Å²) in [5, 5.41) is 0. The Bertz CT molecular complexity index is 519. The van der Waals surface area contributed by atoms with Gasteiger partial charge in [0.25, 0.3) is 0 Å². The van der Waals surface area contributed by atoms with E-state index in [1.54, 1.807) is 12.1 Å². The highest BCUT2D eigenvalue weighted by atomic mass is 19.1. The van der Waals surface area contributed by atoms with E-state index in [9.17, 15) is 9.18 Å². The molecule has 1 saturated carbocycles. The van der Waals surface area contributed by atoms with Gasteiger partial charge in [0.2, 0.25) is 12.9 Å². The number of aliphatic imine (C=N–C) groups is 1. The molecule has 0 unspecified atom stereocenters. The first-order valence-electron chi connectivity index (χ1n) is 5.44. The van der Waals surface area contributed by atoms with Gasteiger partial charge in [-0.25, -0.2) is 9.18 Å².